The fourth-order valence-corrected chi connectivity index (χ4v) is 3.57. The number of amides is 1. The molecule has 0 spiro atoms. The lowest BCUT2D eigenvalue weighted by Gasteiger charge is -2.33. The molecule has 0 bridgehead atoms. The Kier molecular flexibility index (Phi) is 4.56. The first-order chi connectivity index (χ1) is 10.3. The summed E-state index contributed by atoms with van der Waals surface area (Å²) in [7, 11) is 0. The van der Waals surface area contributed by atoms with Gasteiger partial charge in [0.2, 0.25) is 0 Å². The van der Waals surface area contributed by atoms with E-state index in [0.717, 1.165) is 57.4 Å². The van der Waals surface area contributed by atoms with E-state index in [0.29, 0.717) is 5.92 Å². The van der Waals surface area contributed by atoms with Crippen LogP contribution < -0.4 is 5.32 Å². The quantitative estimate of drug-likeness (QED) is 0.887. The Hall–Kier alpha value is -1.39. The molecule has 21 heavy (non-hydrogen) atoms. The molecule has 1 aromatic rings. The molecule has 1 unspecified atom stereocenters. The SMILES string of the molecule is O=C(c1cccc2c1CCNC2)N1CCCC(CCO)C1. The first-order valence-corrected chi connectivity index (χ1v) is 8.01. The van der Waals surface area contributed by atoms with Crippen molar-refractivity contribution in [2.24, 2.45) is 5.92 Å². The van der Waals surface area contributed by atoms with Gasteiger partial charge in [0.1, 0.15) is 0 Å². The highest BCUT2D eigenvalue weighted by Gasteiger charge is 2.26. The van der Waals surface area contributed by atoms with Gasteiger partial charge in [0, 0.05) is 31.8 Å². The summed E-state index contributed by atoms with van der Waals surface area (Å²) in [6.45, 7) is 3.68. The number of hydrogen-bond donors (Lipinski definition) is 2. The van der Waals surface area contributed by atoms with E-state index in [4.69, 9.17) is 5.11 Å². The Morgan fingerprint density at radius 3 is 3.19 bits per heavy atom. The third-order valence-corrected chi connectivity index (χ3v) is 4.71. The van der Waals surface area contributed by atoms with Crippen molar-refractivity contribution in [1.29, 1.82) is 0 Å². The van der Waals surface area contributed by atoms with Gasteiger partial charge in [0.15, 0.2) is 0 Å². The van der Waals surface area contributed by atoms with Crippen LogP contribution in [0.5, 0.6) is 0 Å². The molecule has 2 N–H and O–H groups in total. The smallest absolute Gasteiger partial charge is 0.254 e. The number of likely N-dealkylation sites (tertiary alicyclic amines) is 1. The van der Waals surface area contributed by atoms with Crippen LogP contribution in [0.25, 0.3) is 0 Å². The van der Waals surface area contributed by atoms with Crippen LogP contribution in [-0.2, 0) is 13.0 Å². The third-order valence-electron chi connectivity index (χ3n) is 4.71. The molecule has 0 aliphatic carbocycles. The summed E-state index contributed by atoms with van der Waals surface area (Å²) in [6, 6.07) is 6.08. The van der Waals surface area contributed by atoms with Gasteiger partial charge in [-0.3, -0.25) is 4.79 Å². The number of carbonyl (C=O) groups is 1. The fraction of sp³-hybridized carbons (Fsp3) is 0.588. The van der Waals surface area contributed by atoms with Gasteiger partial charge in [0.25, 0.3) is 5.91 Å². The number of aliphatic hydroxyl groups is 1. The van der Waals surface area contributed by atoms with Gasteiger partial charge in [-0.05, 0) is 55.3 Å². The van der Waals surface area contributed by atoms with Crippen LogP contribution in [0.15, 0.2) is 18.2 Å². The van der Waals surface area contributed by atoms with Crippen LogP contribution >= 0.6 is 0 Å². The molecule has 1 amide bonds. The number of nitrogens with zero attached hydrogens (tertiary/aromatic N) is 1. The molecule has 3 rings (SSSR count). The second-order valence-electron chi connectivity index (χ2n) is 6.14. The largest absolute Gasteiger partial charge is 0.396 e. The lowest BCUT2D eigenvalue weighted by atomic mass is 9.92. The molecule has 2 aliphatic rings. The maximum Gasteiger partial charge on any atom is 0.254 e. The minimum Gasteiger partial charge on any atom is -0.396 e. The van der Waals surface area contributed by atoms with E-state index in [2.05, 4.69) is 11.4 Å². The molecule has 0 saturated carbocycles. The highest BCUT2D eigenvalue weighted by molar-refractivity contribution is 5.96. The molecule has 1 saturated heterocycles. The van der Waals surface area contributed by atoms with Crippen molar-refractivity contribution in [3.8, 4) is 0 Å². The first kappa shape index (κ1) is 14.5. The van der Waals surface area contributed by atoms with Crippen molar-refractivity contribution in [2.45, 2.75) is 32.2 Å². The van der Waals surface area contributed by atoms with E-state index in [-0.39, 0.29) is 12.5 Å². The van der Waals surface area contributed by atoms with E-state index in [1.807, 2.05) is 17.0 Å². The topological polar surface area (TPSA) is 52.6 Å². The number of hydrogen-bond acceptors (Lipinski definition) is 3. The van der Waals surface area contributed by atoms with Crippen molar-refractivity contribution in [2.75, 3.05) is 26.2 Å². The molecule has 2 aliphatic heterocycles. The molecule has 114 valence electrons. The van der Waals surface area contributed by atoms with E-state index >= 15 is 0 Å². The van der Waals surface area contributed by atoms with Gasteiger partial charge in [-0.2, -0.15) is 0 Å². The molecular formula is C17H24N2O2. The van der Waals surface area contributed by atoms with E-state index in [9.17, 15) is 4.79 Å². The summed E-state index contributed by atoms with van der Waals surface area (Å²) in [4.78, 5) is 14.9. The summed E-state index contributed by atoms with van der Waals surface area (Å²) in [5.74, 6) is 0.630. The number of fused-ring (bicyclic) bond motifs is 1. The van der Waals surface area contributed by atoms with Crippen molar-refractivity contribution in [1.82, 2.24) is 10.2 Å². The van der Waals surface area contributed by atoms with Crippen molar-refractivity contribution >= 4 is 5.91 Å². The molecule has 0 aromatic heterocycles. The average molecular weight is 288 g/mol. The van der Waals surface area contributed by atoms with Crippen LogP contribution in [0.1, 0.15) is 40.7 Å². The Morgan fingerprint density at radius 1 is 1.43 bits per heavy atom. The van der Waals surface area contributed by atoms with Crippen LogP contribution in [0.3, 0.4) is 0 Å². The number of carbonyl (C=O) groups excluding carboxylic acids is 1. The number of benzene rings is 1. The van der Waals surface area contributed by atoms with Gasteiger partial charge in [-0.15, -0.1) is 0 Å². The maximum absolute atomic E-state index is 12.9. The monoisotopic (exact) mass is 288 g/mol. The predicted molar refractivity (Wildman–Crippen MR) is 82.2 cm³/mol. The minimum absolute atomic E-state index is 0.177. The zero-order valence-electron chi connectivity index (χ0n) is 12.5. The first-order valence-electron chi connectivity index (χ1n) is 8.01. The van der Waals surface area contributed by atoms with Crippen LogP contribution in [0.2, 0.25) is 0 Å². The van der Waals surface area contributed by atoms with Crippen molar-refractivity contribution < 1.29 is 9.90 Å². The average Bonchev–Trinajstić information content (AvgIpc) is 2.54. The van der Waals surface area contributed by atoms with Gasteiger partial charge < -0.3 is 15.3 Å². The molecular weight excluding hydrogens is 264 g/mol. The third kappa shape index (κ3) is 3.11. The molecule has 1 atom stereocenters. The highest BCUT2D eigenvalue weighted by Crippen LogP contribution is 2.24. The predicted octanol–water partition coefficient (Wildman–Crippen LogP) is 1.57. The molecule has 0 radical (unpaired) electrons. The second-order valence-corrected chi connectivity index (χ2v) is 6.14. The number of rotatable bonds is 3. The van der Waals surface area contributed by atoms with E-state index in [1.165, 1.54) is 11.1 Å². The Morgan fingerprint density at radius 2 is 2.33 bits per heavy atom. The zero-order valence-corrected chi connectivity index (χ0v) is 12.5. The molecule has 4 heteroatoms. The molecule has 1 aromatic carbocycles. The van der Waals surface area contributed by atoms with Gasteiger partial charge in [0.05, 0.1) is 0 Å². The Balaban J connectivity index is 1.79. The highest BCUT2D eigenvalue weighted by atomic mass is 16.3. The van der Waals surface area contributed by atoms with Crippen LogP contribution in [0.4, 0.5) is 0 Å². The maximum atomic E-state index is 12.9. The van der Waals surface area contributed by atoms with Crippen LogP contribution in [0, 0.1) is 5.92 Å². The van der Waals surface area contributed by atoms with Crippen molar-refractivity contribution in [3.05, 3.63) is 34.9 Å². The van der Waals surface area contributed by atoms with Crippen molar-refractivity contribution in [3.63, 3.8) is 0 Å². The summed E-state index contributed by atoms with van der Waals surface area (Å²) < 4.78 is 0. The van der Waals surface area contributed by atoms with Gasteiger partial charge in [-0.25, -0.2) is 0 Å². The standard InChI is InChI=1S/C17H24N2O2/c20-10-7-13-3-2-9-19(12-13)17(21)16-5-1-4-14-11-18-8-6-15(14)16/h1,4-5,13,18,20H,2-3,6-12H2. The Labute approximate surface area is 126 Å². The van der Waals surface area contributed by atoms with Crippen LogP contribution in [-0.4, -0.2) is 42.2 Å². The summed E-state index contributed by atoms with van der Waals surface area (Å²) >= 11 is 0. The molecule has 2 heterocycles. The zero-order chi connectivity index (χ0) is 14.7. The summed E-state index contributed by atoms with van der Waals surface area (Å²) in [6.07, 6.45) is 3.92. The number of piperidine rings is 1. The number of aliphatic hydroxyl groups excluding tert-OH is 1. The van der Waals surface area contributed by atoms with E-state index in [1.54, 1.807) is 0 Å². The normalized spacial score (nSPS) is 22.0. The lowest BCUT2D eigenvalue weighted by molar-refractivity contribution is 0.0652. The lowest BCUT2D eigenvalue weighted by Crippen LogP contribution is -2.41. The summed E-state index contributed by atoms with van der Waals surface area (Å²) in [5, 5.41) is 12.5. The number of nitrogens with one attached hydrogen (secondary N) is 1. The minimum atomic E-state index is 0.177. The second kappa shape index (κ2) is 6.58. The fourth-order valence-electron chi connectivity index (χ4n) is 3.57. The van der Waals surface area contributed by atoms with E-state index < -0.39 is 0 Å². The Bertz CT molecular complexity index is 514. The summed E-state index contributed by atoms with van der Waals surface area (Å²) in [5.41, 5.74) is 3.38. The van der Waals surface area contributed by atoms with Gasteiger partial charge in [-0.1, -0.05) is 12.1 Å². The molecule has 1 fully saturated rings. The van der Waals surface area contributed by atoms with Gasteiger partial charge >= 0.3 is 0 Å². The molecule has 4 nitrogen and oxygen atoms in total.